The van der Waals surface area contributed by atoms with E-state index in [1.807, 2.05) is 6.92 Å². The highest BCUT2D eigenvalue weighted by atomic mass is 16.2. The second-order valence-electron chi connectivity index (χ2n) is 7.55. The van der Waals surface area contributed by atoms with Gasteiger partial charge in [-0.1, -0.05) is 40.5 Å². The standard InChI is InChI=1S/C17H28BNO3/c1-7-8-9-11(2)12-10-13(20)19(14(12)21)17(5,6)16(3,4)15(18)22/h11-12H,7-10H2,1-6H3. The Morgan fingerprint density at radius 1 is 1.32 bits per heavy atom. The minimum Gasteiger partial charge on any atom is -0.312 e. The maximum absolute atomic E-state index is 12.8. The first-order valence-electron chi connectivity index (χ1n) is 8.15. The summed E-state index contributed by atoms with van der Waals surface area (Å²) in [6.07, 6.45) is 3.30. The van der Waals surface area contributed by atoms with Gasteiger partial charge in [-0.05, 0) is 26.2 Å². The third-order valence-corrected chi connectivity index (χ3v) is 5.59. The smallest absolute Gasteiger partial charge is 0.233 e. The maximum atomic E-state index is 12.8. The van der Waals surface area contributed by atoms with Gasteiger partial charge in [-0.2, -0.15) is 0 Å². The molecular formula is C17H28BNO3. The molecule has 0 saturated carbocycles. The molecule has 0 aromatic carbocycles. The molecule has 0 spiro atoms. The number of carbonyl (C=O) groups excluding carboxylic acids is 3. The summed E-state index contributed by atoms with van der Waals surface area (Å²) in [6.45, 7) is 11.0. The van der Waals surface area contributed by atoms with Crippen LogP contribution in [0, 0.1) is 17.3 Å². The molecule has 1 aliphatic rings. The van der Waals surface area contributed by atoms with Crippen LogP contribution in [0.3, 0.4) is 0 Å². The summed E-state index contributed by atoms with van der Waals surface area (Å²) >= 11 is 0. The average molecular weight is 305 g/mol. The molecule has 0 aliphatic carbocycles. The lowest BCUT2D eigenvalue weighted by Crippen LogP contribution is -2.59. The van der Waals surface area contributed by atoms with E-state index in [0.717, 1.165) is 19.3 Å². The number of likely N-dealkylation sites (tertiary alicyclic amines) is 1. The van der Waals surface area contributed by atoms with Gasteiger partial charge in [0.25, 0.3) is 0 Å². The van der Waals surface area contributed by atoms with Gasteiger partial charge in [0.2, 0.25) is 11.8 Å². The molecular weight excluding hydrogens is 277 g/mol. The number of nitrogens with zero attached hydrogens (tertiary/aromatic N) is 1. The van der Waals surface area contributed by atoms with Gasteiger partial charge in [-0.15, -0.1) is 0 Å². The molecule has 1 saturated heterocycles. The molecule has 1 heterocycles. The Bertz CT molecular complexity index is 471. The van der Waals surface area contributed by atoms with E-state index in [4.69, 9.17) is 7.85 Å². The molecule has 2 radical (unpaired) electrons. The number of amides is 2. The van der Waals surface area contributed by atoms with E-state index in [1.54, 1.807) is 27.7 Å². The summed E-state index contributed by atoms with van der Waals surface area (Å²) in [6, 6.07) is 0. The molecule has 122 valence electrons. The van der Waals surface area contributed by atoms with Gasteiger partial charge in [-0.3, -0.25) is 14.5 Å². The van der Waals surface area contributed by atoms with Crippen molar-refractivity contribution in [3.8, 4) is 0 Å². The van der Waals surface area contributed by atoms with E-state index in [-0.39, 0.29) is 30.1 Å². The van der Waals surface area contributed by atoms with E-state index >= 15 is 0 Å². The van der Waals surface area contributed by atoms with Crippen molar-refractivity contribution in [2.75, 3.05) is 0 Å². The van der Waals surface area contributed by atoms with Crippen molar-refractivity contribution in [1.29, 1.82) is 0 Å². The Morgan fingerprint density at radius 3 is 2.32 bits per heavy atom. The second-order valence-corrected chi connectivity index (χ2v) is 7.55. The summed E-state index contributed by atoms with van der Waals surface area (Å²) in [5, 5.41) is 0. The Kier molecular flexibility index (Phi) is 5.64. The summed E-state index contributed by atoms with van der Waals surface area (Å²) < 4.78 is 0. The van der Waals surface area contributed by atoms with Crippen LogP contribution in [0.5, 0.6) is 0 Å². The number of imide groups is 1. The Balaban J connectivity index is 3.04. The zero-order valence-corrected chi connectivity index (χ0v) is 14.7. The van der Waals surface area contributed by atoms with Gasteiger partial charge in [0.15, 0.2) is 7.85 Å². The molecule has 1 rings (SSSR count). The molecule has 0 bridgehead atoms. The highest BCUT2D eigenvalue weighted by Gasteiger charge is 2.54. The first kappa shape index (κ1) is 18.9. The van der Waals surface area contributed by atoms with Crippen molar-refractivity contribution in [3.05, 3.63) is 0 Å². The van der Waals surface area contributed by atoms with Gasteiger partial charge in [0, 0.05) is 17.8 Å². The molecule has 2 atom stereocenters. The SMILES string of the molecule is [B]C(=O)C(C)(C)C(C)(C)N1C(=O)CC(C(C)CCCC)C1=O. The fraction of sp³-hybridized carbons (Fsp3) is 0.824. The third kappa shape index (κ3) is 3.13. The molecule has 2 amide bonds. The highest BCUT2D eigenvalue weighted by Crippen LogP contribution is 2.42. The molecule has 4 nitrogen and oxygen atoms in total. The van der Waals surface area contributed by atoms with E-state index in [1.165, 1.54) is 4.90 Å². The van der Waals surface area contributed by atoms with Crippen molar-refractivity contribution in [1.82, 2.24) is 4.90 Å². The van der Waals surface area contributed by atoms with Gasteiger partial charge in [0.1, 0.15) is 0 Å². The number of hydrogen-bond donors (Lipinski definition) is 0. The molecule has 0 aromatic heterocycles. The molecule has 22 heavy (non-hydrogen) atoms. The number of carbonyl (C=O) groups is 3. The van der Waals surface area contributed by atoms with Crippen LogP contribution in [0.4, 0.5) is 0 Å². The van der Waals surface area contributed by atoms with Crippen LogP contribution in [-0.2, 0) is 14.4 Å². The first-order valence-corrected chi connectivity index (χ1v) is 8.15. The van der Waals surface area contributed by atoms with E-state index < -0.39 is 16.6 Å². The van der Waals surface area contributed by atoms with Crippen LogP contribution in [0.15, 0.2) is 0 Å². The molecule has 2 unspecified atom stereocenters. The topological polar surface area (TPSA) is 54.5 Å². The van der Waals surface area contributed by atoms with E-state index in [0.29, 0.717) is 0 Å². The average Bonchev–Trinajstić information content (AvgIpc) is 2.71. The van der Waals surface area contributed by atoms with Crippen LogP contribution in [-0.4, -0.2) is 35.8 Å². The lowest BCUT2D eigenvalue weighted by molar-refractivity contribution is -0.152. The minimum atomic E-state index is -0.986. The minimum absolute atomic E-state index is 0.159. The van der Waals surface area contributed by atoms with Crippen molar-refractivity contribution >= 4 is 25.3 Å². The highest BCUT2D eigenvalue weighted by molar-refractivity contribution is 6.59. The quantitative estimate of drug-likeness (QED) is 0.537. The van der Waals surface area contributed by atoms with Crippen LogP contribution in [0.2, 0.25) is 0 Å². The van der Waals surface area contributed by atoms with Gasteiger partial charge in [-0.25, -0.2) is 0 Å². The van der Waals surface area contributed by atoms with Crippen LogP contribution >= 0.6 is 0 Å². The predicted molar refractivity (Wildman–Crippen MR) is 87.3 cm³/mol. The van der Waals surface area contributed by atoms with Gasteiger partial charge in [0.05, 0.1) is 11.2 Å². The van der Waals surface area contributed by atoms with Crippen molar-refractivity contribution in [2.24, 2.45) is 17.3 Å². The molecule has 0 N–H and O–H groups in total. The maximum Gasteiger partial charge on any atom is 0.233 e. The fourth-order valence-corrected chi connectivity index (χ4v) is 3.00. The summed E-state index contributed by atoms with van der Waals surface area (Å²) in [4.78, 5) is 38.3. The molecule has 1 fully saturated rings. The lowest BCUT2D eigenvalue weighted by atomic mass is 9.65. The van der Waals surface area contributed by atoms with Crippen LogP contribution in [0.25, 0.3) is 0 Å². The summed E-state index contributed by atoms with van der Waals surface area (Å²) in [5.41, 5.74) is -2.44. The third-order valence-electron chi connectivity index (χ3n) is 5.59. The van der Waals surface area contributed by atoms with E-state index in [9.17, 15) is 14.4 Å². The zero-order valence-electron chi connectivity index (χ0n) is 14.7. The number of rotatable bonds is 7. The van der Waals surface area contributed by atoms with Crippen LogP contribution in [0.1, 0.15) is 67.2 Å². The number of unbranched alkanes of at least 4 members (excludes halogenated alkanes) is 1. The van der Waals surface area contributed by atoms with Crippen molar-refractivity contribution in [2.45, 2.75) is 72.8 Å². The Hall–Kier alpha value is -1.13. The second kappa shape index (κ2) is 6.55. The summed E-state index contributed by atoms with van der Waals surface area (Å²) in [5.74, 6) is -0.457. The zero-order chi connectivity index (χ0) is 17.3. The Labute approximate surface area is 135 Å². The first-order chi connectivity index (χ1) is 9.98. The van der Waals surface area contributed by atoms with Gasteiger partial charge >= 0.3 is 0 Å². The van der Waals surface area contributed by atoms with E-state index in [2.05, 4.69) is 6.92 Å². The monoisotopic (exact) mass is 305 g/mol. The van der Waals surface area contributed by atoms with Crippen molar-refractivity contribution in [3.63, 3.8) is 0 Å². The normalized spacial score (nSPS) is 21.4. The Morgan fingerprint density at radius 2 is 1.86 bits per heavy atom. The van der Waals surface area contributed by atoms with Crippen molar-refractivity contribution < 1.29 is 14.4 Å². The van der Waals surface area contributed by atoms with Gasteiger partial charge < -0.3 is 4.79 Å². The lowest BCUT2D eigenvalue weighted by Gasteiger charge is -2.45. The molecule has 0 aromatic rings. The molecule has 1 aliphatic heterocycles. The summed E-state index contributed by atoms with van der Waals surface area (Å²) in [7, 11) is 5.49. The number of hydrogen-bond acceptors (Lipinski definition) is 3. The fourth-order valence-electron chi connectivity index (χ4n) is 3.00. The molecule has 5 heteroatoms. The van der Waals surface area contributed by atoms with Crippen LogP contribution < -0.4 is 0 Å². The predicted octanol–water partition coefficient (Wildman–Crippen LogP) is 2.69. The largest absolute Gasteiger partial charge is 0.312 e.